The van der Waals surface area contributed by atoms with Crippen LogP contribution in [0, 0.1) is 0 Å². The lowest BCUT2D eigenvalue weighted by molar-refractivity contribution is -0.171. The van der Waals surface area contributed by atoms with E-state index in [1.54, 1.807) is 34.6 Å². The molecule has 140 valence electrons. The molecule has 9 heteroatoms. The van der Waals surface area contributed by atoms with Crippen LogP contribution in [0.3, 0.4) is 0 Å². The van der Waals surface area contributed by atoms with E-state index in [-0.39, 0.29) is 26.2 Å². The molecule has 0 aliphatic carbocycles. The predicted octanol–water partition coefficient (Wildman–Crippen LogP) is 2.07. The van der Waals surface area contributed by atoms with Crippen LogP contribution in [0.15, 0.2) is 0 Å². The second kappa shape index (κ2) is 9.15. The van der Waals surface area contributed by atoms with Gasteiger partial charge in [0.05, 0.1) is 6.61 Å². The van der Waals surface area contributed by atoms with E-state index in [1.165, 1.54) is 0 Å². The molecule has 0 aliphatic heterocycles. The second-order valence-corrected chi connectivity index (χ2v) is 10.6. The van der Waals surface area contributed by atoms with Gasteiger partial charge in [-0.2, -0.15) is 0 Å². The van der Waals surface area contributed by atoms with Crippen LogP contribution >= 0.6 is 31.9 Å². The number of hydrogen-bond acceptors (Lipinski definition) is 6. The van der Waals surface area contributed by atoms with Crippen LogP contribution in [0.25, 0.3) is 0 Å². The number of nitrogens with two attached hydrogens (primary N) is 1. The topological polar surface area (TPSA) is 105 Å². The minimum absolute atomic E-state index is 0.00532. The van der Waals surface area contributed by atoms with E-state index in [2.05, 4.69) is 31.9 Å². The summed E-state index contributed by atoms with van der Waals surface area (Å²) in [4.78, 5) is 34.6. The van der Waals surface area contributed by atoms with Crippen LogP contribution < -0.4 is 5.73 Å². The molecule has 0 saturated heterocycles. The Hall–Kier alpha value is -0.670. The van der Waals surface area contributed by atoms with Crippen LogP contribution in [0.2, 0.25) is 0 Å². The molecular weight excluding hydrogens is 450 g/mol. The fourth-order valence-corrected chi connectivity index (χ4v) is 1.53. The molecule has 0 rings (SSSR count). The number of carbonyl (C=O) groups is 3. The minimum atomic E-state index is -1.10. The zero-order valence-corrected chi connectivity index (χ0v) is 17.8. The van der Waals surface area contributed by atoms with E-state index < -0.39 is 32.1 Å². The van der Waals surface area contributed by atoms with Crippen molar-refractivity contribution in [3.05, 3.63) is 0 Å². The molecule has 1 amide bonds. The molecule has 0 unspecified atom stereocenters. The van der Waals surface area contributed by atoms with Crippen molar-refractivity contribution in [1.29, 1.82) is 0 Å². The largest absolute Gasteiger partial charge is 0.461 e. The average Bonchev–Trinajstić information content (AvgIpc) is 2.39. The number of alkyl halides is 2. The normalized spacial score (nSPS) is 12.6. The fourth-order valence-electron chi connectivity index (χ4n) is 1.30. The number of amides is 1. The first kappa shape index (κ1) is 23.3. The van der Waals surface area contributed by atoms with Gasteiger partial charge in [0.2, 0.25) is 5.91 Å². The molecule has 0 aromatic carbocycles. The van der Waals surface area contributed by atoms with Gasteiger partial charge >= 0.3 is 11.9 Å². The maximum absolute atomic E-state index is 11.9. The number of esters is 2. The molecule has 0 aromatic rings. The lowest BCUT2D eigenvalue weighted by Crippen LogP contribution is -2.44. The number of halogens is 2. The summed E-state index contributed by atoms with van der Waals surface area (Å²) in [5.74, 6) is -1.49. The Kier molecular flexibility index (Phi) is 8.89. The Bertz CT molecular complexity index is 438. The highest BCUT2D eigenvalue weighted by atomic mass is 79.9. The molecule has 0 bridgehead atoms. The van der Waals surface area contributed by atoms with Crippen molar-refractivity contribution in [3.63, 3.8) is 0 Å². The maximum Gasteiger partial charge on any atom is 0.322 e. The molecule has 0 aliphatic rings. The quantitative estimate of drug-likeness (QED) is 0.383. The van der Waals surface area contributed by atoms with Crippen LogP contribution in [0.1, 0.15) is 41.0 Å². The van der Waals surface area contributed by atoms with Gasteiger partial charge in [-0.05, 0) is 34.6 Å². The van der Waals surface area contributed by atoms with Gasteiger partial charge in [0.15, 0.2) is 0 Å². The molecule has 7 nitrogen and oxygen atoms in total. The standard InChI is InChI=1S/C15H25Br2NO6/c1-13(2,16)11(20)22-8-15(5,24-7-6-10(18)19)9-23-12(21)14(3,4)17/h6-9H2,1-5H3,(H2,18,19). The maximum atomic E-state index is 11.9. The van der Waals surface area contributed by atoms with E-state index in [1.807, 2.05) is 0 Å². The molecule has 0 fully saturated rings. The Balaban J connectivity index is 4.84. The van der Waals surface area contributed by atoms with E-state index >= 15 is 0 Å². The van der Waals surface area contributed by atoms with Crippen molar-refractivity contribution < 1.29 is 28.6 Å². The summed E-state index contributed by atoms with van der Waals surface area (Å²) in [6, 6.07) is 0. The Labute approximate surface area is 159 Å². The summed E-state index contributed by atoms with van der Waals surface area (Å²) in [6.45, 7) is 7.95. The van der Waals surface area contributed by atoms with Crippen molar-refractivity contribution in [3.8, 4) is 0 Å². The van der Waals surface area contributed by atoms with Crippen LogP contribution in [-0.2, 0) is 28.6 Å². The zero-order chi connectivity index (χ0) is 19.2. The molecule has 24 heavy (non-hydrogen) atoms. The van der Waals surface area contributed by atoms with Crippen LogP contribution in [0.5, 0.6) is 0 Å². The molecule has 0 saturated carbocycles. The zero-order valence-electron chi connectivity index (χ0n) is 14.6. The van der Waals surface area contributed by atoms with E-state index in [9.17, 15) is 14.4 Å². The van der Waals surface area contributed by atoms with Crippen LogP contribution in [-0.4, -0.2) is 51.9 Å². The summed E-state index contributed by atoms with van der Waals surface area (Å²) in [5.41, 5.74) is 3.98. The van der Waals surface area contributed by atoms with Crippen molar-refractivity contribution in [2.45, 2.75) is 55.3 Å². The summed E-state index contributed by atoms with van der Waals surface area (Å²) in [5, 5.41) is 0. The molecule has 0 spiro atoms. The summed E-state index contributed by atoms with van der Waals surface area (Å²) >= 11 is 6.41. The van der Waals surface area contributed by atoms with Crippen molar-refractivity contribution in [2.75, 3.05) is 19.8 Å². The van der Waals surface area contributed by atoms with Crippen LogP contribution in [0.4, 0.5) is 0 Å². The number of rotatable bonds is 10. The molecule has 0 atom stereocenters. The number of carbonyl (C=O) groups excluding carboxylic acids is 3. The minimum Gasteiger partial charge on any atom is -0.461 e. The third kappa shape index (κ3) is 9.58. The SMILES string of the molecule is CC(COC(=O)C(C)(C)Br)(COC(=O)C(C)(C)Br)OCCC(N)=O. The summed E-state index contributed by atoms with van der Waals surface area (Å²) in [7, 11) is 0. The third-order valence-electron chi connectivity index (χ3n) is 2.79. The lowest BCUT2D eigenvalue weighted by Gasteiger charge is -2.30. The van der Waals surface area contributed by atoms with Gasteiger partial charge in [0.1, 0.15) is 27.5 Å². The Morgan fingerprint density at radius 1 is 0.875 bits per heavy atom. The second-order valence-electron chi connectivity index (χ2n) is 6.61. The van der Waals surface area contributed by atoms with Gasteiger partial charge in [-0.1, -0.05) is 31.9 Å². The molecule has 2 N–H and O–H groups in total. The Morgan fingerprint density at radius 3 is 1.54 bits per heavy atom. The highest BCUT2D eigenvalue weighted by Crippen LogP contribution is 2.22. The van der Waals surface area contributed by atoms with Crippen molar-refractivity contribution in [2.24, 2.45) is 5.73 Å². The van der Waals surface area contributed by atoms with Gasteiger partial charge in [-0.25, -0.2) is 0 Å². The van der Waals surface area contributed by atoms with Gasteiger partial charge in [-0.15, -0.1) is 0 Å². The highest BCUT2D eigenvalue weighted by molar-refractivity contribution is 9.10. The molecule has 0 radical (unpaired) electrons. The molecule has 0 heterocycles. The first-order valence-electron chi connectivity index (χ1n) is 7.32. The first-order valence-corrected chi connectivity index (χ1v) is 8.90. The number of hydrogen-bond donors (Lipinski definition) is 1. The third-order valence-corrected chi connectivity index (χ3v) is 3.43. The van der Waals surface area contributed by atoms with Gasteiger partial charge in [-0.3, -0.25) is 14.4 Å². The monoisotopic (exact) mass is 473 g/mol. The van der Waals surface area contributed by atoms with Gasteiger partial charge in [0.25, 0.3) is 0 Å². The number of ether oxygens (including phenoxy) is 3. The summed E-state index contributed by atoms with van der Waals surface area (Å²) < 4.78 is 14.3. The smallest absolute Gasteiger partial charge is 0.322 e. The van der Waals surface area contributed by atoms with Crippen molar-refractivity contribution >= 4 is 49.7 Å². The molecular formula is C15H25Br2NO6. The summed E-state index contributed by atoms with van der Waals surface area (Å²) in [6.07, 6.45) is 0.00532. The first-order chi connectivity index (χ1) is 10.7. The number of primary amides is 1. The molecule has 0 aromatic heterocycles. The van der Waals surface area contributed by atoms with E-state index in [0.29, 0.717) is 0 Å². The van der Waals surface area contributed by atoms with Gasteiger partial charge in [0, 0.05) is 6.42 Å². The fraction of sp³-hybridized carbons (Fsp3) is 0.800. The van der Waals surface area contributed by atoms with Gasteiger partial charge < -0.3 is 19.9 Å². The lowest BCUT2D eigenvalue weighted by atomic mass is 10.1. The van der Waals surface area contributed by atoms with E-state index in [4.69, 9.17) is 19.9 Å². The average molecular weight is 475 g/mol. The Morgan fingerprint density at radius 2 is 1.25 bits per heavy atom. The van der Waals surface area contributed by atoms with E-state index in [0.717, 1.165) is 0 Å². The predicted molar refractivity (Wildman–Crippen MR) is 96.1 cm³/mol. The highest BCUT2D eigenvalue weighted by Gasteiger charge is 2.35. The van der Waals surface area contributed by atoms with Crippen molar-refractivity contribution in [1.82, 2.24) is 0 Å².